The molecule has 1 aromatic rings. The van der Waals surface area contributed by atoms with Gasteiger partial charge in [-0.05, 0) is 55.4 Å². The molecule has 1 N–H and O–H groups in total. The number of hydrogen-bond acceptors (Lipinski definition) is 4. The van der Waals surface area contributed by atoms with E-state index >= 15 is 0 Å². The lowest BCUT2D eigenvalue weighted by Gasteiger charge is -2.40. The van der Waals surface area contributed by atoms with Gasteiger partial charge in [-0.2, -0.15) is 4.31 Å². The van der Waals surface area contributed by atoms with Crippen LogP contribution in [0.3, 0.4) is 0 Å². The van der Waals surface area contributed by atoms with Crippen molar-refractivity contribution in [1.29, 1.82) is 0 Å². The second-order valence-corrected chi connectivity index (χ2v) is 9.83. The third kappa shape index (κ3) is 3.40. The number of carbonyl (C=O) groups excluding carboxylic acids is 1. The summed E-state index contributed by atoms with van der Waals surface area (Å²) in [5, 5.41) is 2.66. The lowest BCUT2D eigenvalue weighted by Crippen LogP contribution is -2.53. The number of hydrogen-bond donors (Lipinski definition) is 1. The van der Waals surface area contributed by atoms with E-state index in [-0.39, 0.29) is 5.91 Å². The van der Waals surface area contributed by atoms with Crippen LogP contribution in [0.1, 0.15) is 32.6 Å². The molecule has 0 spiro atoms. The zero-order valence-corrected chi connectivity index (χ0v) is 16.0. The third-order valence-electron chi connectivity index (χ3n) is 6.26. The average Bonchev–Trinajstić information content (AvgIpc) is 3.25. The summed E-state index contributed by atoms with van der Waals surface area (Å²) in [5.41, 5.74) is 0.609. The third-order valence-corrected chi connectivity index (χ3v) is 8.17. The number of benzene rings is 1. The largest absolute Gasteiger partial charge is 0.326 e. The molecule has 1 heterocycles. The van der Waals surface area contributed by atoms with Crippen molar-refractivity contribution in [1.82, 2.24) is 9.21 Å². The molecule has 1 saturated heterocycles. The van der Waals surface area contributed by atoms with Gasteiger partial charge in [-0.3, -0.25) is 9.69 Å². The molecule has 7 heteroatoms. The molecule has 0 radical (unpaired) electrons. The number of nitrogens with one attached hydrogen (secondary N) is 1. The maximum Gasteiger partial charge on any atom is 0.243 e. The molecular weight excluding hydrogens is 350 g/mol. The molecule has 26 heavy (non-hydrogen) atoms. The van der Waals surface area contributed by atoms with Crippen LogP contribution in [0, 0.1) is 11.8 Å². The SMILES string of the molecule is CC(=O)Nc1ccc(S(=O)(=O)N2CCN([C@H]3C[C@H]4CC[C@H]3C4)CC2)cc1. The van der Waals surface area contributed by atoms with Crippen molar-refractivity contribution in [3.63, 3.8) is 0 Å². The van der Waals surface area contributed by atoms with Gasteiger partial charge in [0.05, 0.1) is 4.90 Å². The van der Waals surface area contributed by atoms with Gasteiger partial charge in [-0.15, -0.1) is 0 Å². The van der Waals surface area contributed by atoms with Crippen molar-refractivity contribution in [2.24, 2.45) is 11.8 Å². The van der Waals surface area contributed by atoms with E-state index in [1.54, 1.807) is 28.6 Å². The van der Waals surface area contributed by atoms with Gasteiger partial charge in [0, 0.05) is 44.8 Å². The van der Waals surface area contributed by atoms with Crippen LogP contribution in [0.2, 0.25) is 0 Å². The van der Waals surface area contributed by atoms with Gasteiger partial charge < -0.3 is 5.32 Å². The number of rotatable bonds is 4. The van der Waals surface area contributed by atoms with Crippen LogP contribution in [0.25, 0.3) is 0 Å². The first-order valence-electron chi connectivity index (χ1n) is 9.55. The van der Waals surface area contributed by atoms with E-state index in [1.165, 1.54) is 32.6 Å². The summed E-state index contributed by atoms with van der Waals surface area (Å²) in [7, 11) is -3.47. The van der Waals surface area contributed by atoms with Crippen LogP contribution in [0.15, 0.2) is 29.2 Å². The van der Waals surface area contributed by atoms with E-state index in [4.69, 9.17) is 0 Å². The average molecular weight is 378 g/mol. The fourth-order valence-electron chi connectivity index (χ4n) is 5.00. The Hall–Kier alpha value is -1.44. The molecule has 2 bridgehead atoms. The molecule has 0 aromatic heterocycles. The summed E-state index contributed by atoms with van der Waals surface area (Å²) in [6.07, 6.45) is 5.43. The summed E-state index contributed by atoms with van der Waals surface area (Å²) in [5.74, 6) is 1.58. The van der Waals surface area contributed by atoms with E-state index in [2.05, 4.69) is 10.2 Å². The minimum absolute atomic E-state index is 0.169. The molecule has 1 aromatic carbocycles. The maximum absolute atomic E-state index is 12.9. The smallest absolute Gasteiger partial charge is 0.243 e. The summed E-state index contributed by atoms with van der Waals surface area (Å²) >= 11 is 0. The first kappa shape index (κ1) is 17.9. The number of nitrogens with zero attached hydrogens (tertiary/aromatic N) is 2. The molecule has 1 amide bonds. The maximum atomic E-state index is 12.9. The molecule has 2 saturated carbocycles. The Morgan fingerprint density at radius 1 is 1.04 bits per heavy atom. The van der Waals surface area contributed by atoms with Crippen molar-refractivity contribution in [2.45, 2.75) is 43.5 Å². The molecule has 2 aliphatic carbocycles. The minimum atomic E-state index is -3.47. The van der Waals surface area contributed by atoms with Gasteiger partial charge in [0.1, 0.15) is 0 Å². The molecule has 0 unspecified atom stereocenters. The molecule has 142 valence electrons. The van der Waals surface area contributed by atoms with Gasteiger partial charge in [-0.25, -0.2) is 8.42 Å². The highest BCUT2D eigenvalue weighted by Crippen LogP contribution is 2.46. The first-order valence-corrected chi connectivity index (χ1v) is 11.0. The molecule has 3 atom stereocenters. The molecule has 1 aliphatic heterocycles. The zero-order valence-electron chi connectivity index (χ0n) is 15.2. The van der Waals surface area contributed by atoms with Crippen LogP contribution < -0.4 is 5.32 Å². The predicted octanol–water partition coefficient (Wildman–Crippen LogP) is 2.14. The number of anilines is 1. The lowest BCUT2D eigenvalue weighted by atomic mass is 9.93. The Kier molecular flexibility index (Phi) is 4.79. The van der Waals surface area contributed by atoms with Crippen LogP contribution in [0.4, 0.5) is 5.69 Å². The quantitative estimate of drug-likeness (QED) is 0.873. The van der Waals surface area contributed by atoms with Crippen molar-refractivity contribution in [3.05, 3.63) is 24.3 Å². The van der Waals surface area contributed by atoms with E-state index in [9.17, 15) is 13.2 Å². The Balaban J connectivity index is 1.39. The Morgan fingerprint density at radius 2 is 1.73 bits per heavy atom. The molecular formula is C19H27N3O3S. The normalized spacial score (nSPS) is 29.8. The first-order chi connectivity index (χ1) is 12.4. The Labute approximate surface area is 155 Å². The summed E-state index contributed by atoms with van der Waals surface area (Å²) < 4.78 is 27.4. The minimum Gasteiger partial charge on any atom is -0.326 e. The topological polar surface area (TPSA) is 69.7 Å². The number of piperazine rings is 1. The van der Waals surface area contributed by atoms with E-state index in [0.29, 0.717) is 29.7 Å². The van der Waals surface area contributed by atoms with E-state index < -0.39 is 10.0 Å². The van der Waals surface area contributed by atoms with Crippen molar-refractivity contribution in [2.75, 3.05) is 31.5 Å². The Morgan fingerprint density at radius 3 is 2.27 bits per heavy atom. The molecule has 3 fully saturated rings. The second-order valence-electron chi connectivity index (χ2n) is 7.89. The standard InChI is InChI=1S/C19H27N3O3S/c1-14(23)20-17-4-6-18(7-5-17)26(24,25)22-10-8-21(9-11-22)19-13-15-2-3-16(19)12-15/h4-7,15-16,19H,2-3,8-13H2,1H3,(H,20,23)/t15-,16-,19-/m0/s1. The number of fused-ring (bicyclic) bond motifs is 2. The van der Waals surface area contributed by atoms with Crippen LogP contribution >= 0.6 is 0 Å². The van der Waals surface area contributed by atoms with Crippen molar-refractivity contribution >= 4 is 21.6 Å². The van der Waals surface area contributed by atoms with E-state index in [0.717, 1.165) is 24.9 Å². The van der Waals surface area contributed by atoms with Gasteiger partial charge in [0.25, 0.3) is 0 Å². The Bertz CT molecular complexity index is 770. The highest BCUT2D eigenvalue weighted by atomic mass is 32.2. The summed E-state index contributed by atoms with van der Waals surface area (Å²) in [6, 6.07) is 7.10. The number of amides is 1. The van der Waals surface area contributed by atoms with E-state index in [1.807, 2.05) is 0 Å². The monoisotopic (exact) mass is 377 g/mol. The van der Waals surface area contributed by atoms with Gasteiger partial charge in [0.2, 0.25) is 15.9 Å². The van der Waals surface area contributed by atoms with Crippen LogP contribution in [0.5, 0.6) is 0 Å². The highest BCUT2D eigenvalue weighted by Gasteiger charge is 2.43. The zero-order chi connectivity index (χ0) is 18.3. The second kappa shape index (κ2) is 6.94. The van der Waals surface area contributed by atoms with Crippen LogP contribution in [-0.4, -0.2) is 55.8 Å². The molecule has 6 nitrogen and oxygen atoms in total. The fraction of sp³-hybridized carbons (Fsp3) is 0.632. The lowest BCUT2D eigenvalue weighted by molar-refractivity contribution is -0.114. The van der Waals surface area contributed by atoms with Crippen LogP contribution in [-0.2, 0) is 14.8 Å². The fourth-order valence-corrected chi connectivity index (χ4v) is 6.42. The van der Waals surface area contributed by atoms with Gasteiger partial charge in [-0.1, -0.05) is 6.42 Å². The molecule has 4 rings (SSSR count). The highest BCUT2D eigenvalue weighted by molar-refractivity contribution is 7.89. The van der Waals surface area contributed by atoms with Gasteiger partial charge >= 0.3 is 0 Å². The van der Waals surface area contributed by atoms with Crippen molar-refractivity contribution < 1.29 is 13.2 Å². The van der Waals surface area contributed by atoms with Gasteiger partial charge in [0.15, 0.2) is 0 Å². The number of sulfonamides is 1. The number of carbonyl (C=O) groups is 1. The predicted molar refractivity (Wildman–Crippen MR) is 100 cm³/mol. The molecule has 3 aliphatic rings. The summed E-state index contributed by atoms with van der Waals surface area (Å²) in [4.78, 5) is 13.9. The van der Waals surface area contributed by atoms with Crippen molar-refractivity contribution in [3.8, 4) is 0 Å². The summed E-state index contributed by atoms with van der Waals surface area (Å²) in [6.45, 7) is 4.21.